The summed E-state index contributed by atoms with van der Waals surface area (Å²) in [4.78, 5) is 25.4. The number of likely N-dealkylation sites (N-methyl/N-ethyl adjacent to an activating group) is 1. The second-order valence-electron chi connectivity index (χ2n) is 7.27. The molecule has 2 aromatic heterocycles. The lowest BCUT2D eigenvalue weighted by Gasteiger charge is -2.17. The molecule has 0 aliphatic carbocycles. The van der Waals surface area contributed by atoms with Crippen molar-refractivity contribution in [1.82, 2.24) is 24.8 Å². The maximum absolute atomic E-state index is 12.0. The van der Waals surface area contributed by atoms with Crippen molar-refractivity contribution in [2.45, 2.75) is 43.2 Å². The summed E-state index contributed by atoms with van der Waals surface area (Å²) in [6.07, 6.45) is -1.58. The summed E-state index contributed by atoms with van der Waals surface area (Å²) >= 11 is 1.37. The van der Waals surface area contributed by atoms with Gasteiger partial charge in [0.1, 0.15) is 12.2 Å². The van der Waals surface area contributed by atoms with Crippen molar-refractivity contribution in [3.05, 3.63) is 41.7 Å². The van der Waals surface area contributed by atoms with E-state index in [9.17, 15) is 15.0 Å². The van der Waals surface area contributed by atoms with Crippen LogP contribution in [0.3, 0.4) is 0 Å². The van der Waals surface area contributed by atoms with Gasteiger partial charge < -0.3 is 25.6 Å². The summed E-state index contributed by atoms with van der Waals surface area (Å²) in [7, 11) is 1.44. The highest BCUT2D eigenvalue weighted by Gasteiger charge is 2.47. The fraction of sp³-hybridized carbons (Fsp3) is 0.400. The molecule has 3 aromatic rings. The van der Waals surface area contributed by atoms with Gasteiger partial charge in [0.05, 0.1) is 6.33 Å². The monoisotopic (exact) mass is 444 g/mol. The second kappa shape index (κ2) is 8.79. The van der Waals surface area contributed by atoms with E-state index in [4.69, 9.17) is 4.74 Å². The molecule has 4 N–H and O–H groups in total. The van der Waals surface area contributed by atoms with E-state index in [1.165, 1.54) is 29.7 Å². The lowest BCUT2D eigenvalue weighted by molar-refractivity contribution is -0.137. The topological polar surface area (TPSA) is 134 Å². The predicted octanol–water partition coefficient (Wildman–Crippen LogP) is 0.834. The molecule has 1 aliphatic rings. The van der Waals surface area contributed by atoms with Gasteiger partial charge in [0.25, 0.3) is 5.91 Å². The van der Waals surface area contributed by atoms with E-state index in [1.54, 1.807) is 0 Å². The van der Waals surface area contributed by atoms with E-state index in [0.717, 1.165) is 11.1 Å². The van der Waals surface area contributed by atoms with Gasteiger partial charge in [-0.1, -0.05) is 41.6 Å². The van der Waals surface area contributed by atoms with Gasteiger partial charge in [0.15, 0.2) is 34.5 Å². The molecule has 0 spiro atoms. The van der Waals surface area contributed by atoms with Crippen LogP contribution in [0, 0.1) is 6.92 Å². The van der Waals surface area contributed by atoms with Crippen molar-refractivity contribution < 1.29 is 19.7 Å². The molecule has 4 rings (SSSR count). The Kier molecular flexibility index (Phi) is 6.10. The van der Waals surface area contributed by atoms with Gasteiger partial charge in [-0.15, -0.1) is 0 Å². The Balaban J connectivity index is 1.67. The van der Waals surface area contributed by atoms with Gasteiger partial charge in [-0.05, 0) is 18.7 Å². The van der Waals surface area contributed by atoms with Crippen LogP contribution >= 0.6 is 11.8 Å². The number of amides is 1. The highest BCUT2D eigenvalue weighted by Crippen LogP contribution is 2.33. The lowest BCUT2D eigenvalue weighted by Crippen LogP contribution is -2.41. The smallest absolute Gasteiger partial charge is 0.251 e. The number of ether oxygens (including phenoxy) is 1. The summed E-state index contributed by atoms with van der Waals surface area (Å²) in [5.74, 6) is 0.0314. The quantitative estimate of drug-likeness (QED) is 0.322. The molecule has 1 fully saturated rings. The maximum Gasteiger partial charge on any atom is 0.251 e. The molecule has 1 aromatic carbocycles. The van der Waals surface area contributed by atoms with Crippen molar-refractivity contribution in [3.8, 4) is 0 Å². The normalized spacial score (nSPS) is 23.3. The van der Waals surface area contributed by atoms with Gasteiger partial charge >= 0.3 is 0 Å². The zero-order chi connectivity index (χ0) is 22.1. The first-order valence-corrected chi connectivity index (χ1v) is 11.0. The first-order chi connectivity index (χ1) is 14.9. The van der Waals surface area contributed by atoms with E-state index < -0.39 is 30.4 Å². The highest BCUT2D eigenvalue weighted by atomic mass is 32.2. The lowest BCUT2D eigenvalue weighted by atomic mass is 10.1. The number of nitrogens with one attached hydrogen (secondary N) is 2. The number of nitrogens with zero attached hydrogens (tertiary/aromatic N) is 4. The van der Waals surface area contributed by atoms with Crippen molar-refractivity contribution >= 4 is 34.7 Å². The summed E-state index contributed by atoms with van der Waals surface area (Å²) in [5.41, 5.74) is 3.19. The molecule has 4 atom stereocenters. The number of benzene rings is 1. The summed E-state index contributed by atoms with van der Waals surface area (Å²) in [6.45, 7) is 2.59. The number of thioether (sulfide) groups is 1. The number of anilines is 1. The number of hydrogen-bond donors (Lipinski definition) is 4. The molecule has 31 heavy (non-hydrogen) atoms. The number of aliphatic hydroxyl groups excluding tert-OH is 2. The summed E-state index contributed by atoms with van der Waals surface area (Å²) in [6, 6.07) is 8.14. The Bertz CT molecular complexity index is 1110. The molecule has 0 unspecified atom stereocenters. The minimum absolute atomic E-state index is 0.430. The Morgan fingerprint density at radius 3 is 2.81 bits per heavy atom. The second-order valence-corrected chi connectivity index (χ2v) is 8.04. The number of carbonyl (C=O) groups excluding carboxylic acids is 1. The zero-order valence-corrected chi connectivity index (χ0v) is 18.1. The number of hydrogen-bond acceptors (Lipinski definition) is 9. The standard InChI is InChI=1S/C20H24N6O4S/c1-10-5-4-6-11(7-10)8-22-16-12-17(25-20(24-16)31-3)26(9-23-12)19-14(28)13(27)15(30-19)18(29)21-2/h4-7,9,13-15,19,27-28H,8H2,1-3H3,(H,21,29)(H,22,24,25)/t13-,14+,15-,19+/m0/s1. The van der Waals surface area contributed by atoms with Crippen LogP contribution in [0.5, 0.6) is 0 Å². The molecule has 0 saturated carbocycles. The molecule has 0 radical (unpaired) electrons. The number of rotatable bonds is 6. The number of fused-ring (bicyclic) bond motifs is 1. The third-order valence-corrected chi connectivity index (χ3v) is 5.69. The number of imidazole rings is 1. The Morgan fingerprint density at radius 1 is 1.29 bits per heavy atom. The van der Waals surface area contributed by atoms with Crippen LogP contribution in [-0.2, 0) is 16.1 Å². The van der Waals surface area contributed by atoms with Gasteiger partial charge in [-0.2, -0.15) is 0 Å². The number of aryl methyl sites for hydroxylation is 1. The number of aromatic nitrogens is 4. The molecule has 164 valence electrons. The molecule has 1 amide bonds. The van der Waals surface area contributed by atoms with Crippen molar-refractivity contribution in [2.24, 2.45) is 0 Å². The van der Waals surface area contributed by atoms with Crippen LogP contribution in [-0.4, -0.2) is 67.3 Å². The first-order valence-electron chi connectivity index (χ1n) is 9.74. The van der Waals surface area contributed by atoms with E-state index in [2.05, 4.69) is 31.7 Å². The Labute approximate surface area is 183 Å². The van der Waals surface area contributed by atoms with E-state index >= 15 is 0 Å². The summed E-state index contributed by atoms with van der Waals surface area (Å²) < 4.78 is 7.19. The zero-order valence-electron chi connectivity index (χ0n) is 17.3. The van der Waals surface area contributed by atoms with Crippen LogP contribution in [0.4, 0.5) is 5.82 Å². The first kappa shape index (κ1) is 21.5. The van der Waals surface area contributed by atoms with Gasteiger partial charge in [0.2, 0.25) is 0 Å². The van der Waals surface area contributed by atoms with Crippen LogP contribution in [0.25, 0.3) is 11.2 Å². The molecule has 0 bridgehead atoms. The van der Waals surface area contributed by atoms with Gasteiger partial charge in [-0.25, -0.2) is 15.0 Å². The Hall–Kier alpha value is -2.73. The van der Waals surface area contributed by atoms with E-state index in [0.29, 0.717) is 28.7 Å². The van der Waals surface area contributed by atoms with Crippen LogP contribution in [0.15, 0.2) is 35.7 Å². The molecular formula is C20H24N6O4S. The maximum atomic E-state index is 12.0. The average molecular weight is 445 g/mol. The molecule has 1 aliphatic heterocycles. The third kappa shape index (κ3) is 4.09. The van der Waals surface area contributed by atoms with Gasteiger partial charge in [-0.3, -0.25) is 9.36 Å². The molecule has 3 heterocycles. The Morgan fingerprint density at radius 2 is 2.10 bits per heavy atom. The molecule has 1 saturated heterocycles. The molecule has 11 heteroatoms. The van der Waals surface area contributed by atoms with Crippen LogP contribution in [0.1, 0.15) is 17.4 Å². The average Bonchev–Trinajstić information content (AvgIpc) is 3.32. The largest absolute Gasteiger partial charge is 0.387 e. The van der Waals surface area contributed by atoms with Crippen LogP contribution < -0.4 is 10.6 Å². The number of carbonyl (C=O) groups is 1. The minimum Gasteiger partial charge on any atom is -0.387 e. The summed E-state index contributed by atoms with van der Waals surface area (Å²) in [5, 5.41) is 27.0. The van der Waals surface area contributed by atoms with E-state index in [-0.39, 0.29) is 0 Å². The van der Waals surface area contributed by atoms with Crippen LogP contribution in [0.2, 0.25) is 0 Å². The molecule has 10 nitrogen and oxygen atoms in total. The fourth-order valence-electron chi connectivity index (χ4n) is 3.55. The van der Waals surface area contributed by atoms with Crippen molar-refractivity contribution in [2.75, 3.05) is 18.6 Å². The van der Waals surface area contributed by atoms with Gasteiger partial charge in [0, 0.05) is 13.6 Å². The van der Waals surface area contributed by atoms with Crippen molar-refractivity contribution in [3.63, 3.8) is 0 Å². The fourth-order valence-corrected chi connectivity index (χ4v) is 3.91. The van der Waals surface area contributed by atoms with Crippen molar-refractivity contribution in [1.29, 1.82) is 0 Å². The minimum atomic E-state index is -1.37. The predicted molar refractivity (Wildman–Crippen MR) is 116 cm³/mol. The third-order valence-electron chi connectivity index (χ3n) is 5.14. The number of aliphatic hydroxyl groups is 2. The SMILES string of the molecule is CNC(=O)[C@H]1O[C@@H](n2cnc3c(NCc4cccc(C)c4)nc(SC)nc32)[C@H](O)[C@@H]1O. The molecular weight excluding hydrogens is 420 g/mol. The highest BCUT2D eigenvalue weighted by molar-refractivity contribution is 7.98. The van der Waals surface area contributed by atoms with E-state index in [1.807, 2.05) is 31.4 Å².